The highest BCUT2D eigenvalue weighted by molar-refractivity contribution is 14.1. The number of ether oxygens (including phenoxy) is 1. The standard InChI is InChI=1S/C11H13IO4/c12-7-2-1-4-8-5-3-6-9(10(8)13)16-11(14)15/h3,5-6,13H,1-2,4,7H2,(H,14,15). The highest BCUT2D eigenvalue weighted by atomic mass is 127. The van der Waals surface area contributed by atoms with Crippen LogP contribution in [-0.2, 0) is 6.42 Å². The molecule has 0 unspecified atom stereocenters. The summed E-state index contributed by atoms with van der Waals surface area (Å²) in [7, 11) is 0. The van der Waals surface area contributed by atoms with E-state index in [-0.39, 0.29) is 11.5 Å². The number of phenolic OH excluding ortho intramolecular Hbond substituents is 1. The maximum absolute atomic E-state index is 10.4. The number of para-hydroxylation sites is 1. The maximum Gasteiger partial charge on any atom is 0.511 e. The van der Waals surface area contributed by atoms with Crippen LogP contribution in [0.5, 0.6) is 11.5 Å². The smallest absolute Gasteiger partial charge is 0.504 e. The van der Waals surface area contributed by atoms with Crippen molar-refractivity contribution in [2.45, 2.75) is 19.3 Å². The lowest BCUT2D eigenvalue weighted by molar-refractivity contribution is 0.143. The number of phenols is 1. The largest absolute Gasteiger partial charge is 0.511 e. The highest BCUT2D eigenvalue weighted by Gasteiger charge is 2.10. The van der Waals surface area contributed by atoms with Crippen LogP contribution in [0.1, 0.15) is 18.4 Å². The highest BCUT2D eigenvalue weighted by Crippen LogP contribution is 2.30. The number of aromatic hydroxyl groups is 1. The van der Waals surface area contributed by atoms with Crippen LogP contribution >= 0.6 is 22.6 Å². The van der Waals surface area contributed by atoms with E-state index >= 15 is 0 Å². The average Bonchev–Trinajstić information content (AvgIpc) is 2.23. The zero-order valence-electron chi connectivity index (χ0n) is 8.65. The number of unbranched alkanes of at least 4 members (excludes halogenated alkanes) is 1. The van der Waals surface area contributed by atoms with Crippen molar-refractivity contribution < 1.29 is 19.7 Å². The second-order valence-corrected chi connectivity index (χ2v) is 4.36. The molecule has 0 radical (unpaired) electrons. The van der Waals surface area contributed by atoms with E-state index in [0.717, 1.165) is 29.3 Å². The molecule has 0 aliphatic carbocycles. The van der Waals surface area contributed by atoms with Crippen LogP contribution in [0.2, 0.25) is 0 Å². The van der Waals surface area contributed by atoms with Crippen molar-refractivity contribution in [1.82, 2.24) is 0 Å². The topological polar surface area (TPSA) is 66.8 Å². The first-order valence-electron chi connectivity index (χ1n) is 4.92. The first-order valence-corrected chi connectivity index (χ1v) is 6.45. The van der Waals surface area contributed by atoms with Crippen molar-refractivity contribution in [2.24, 2.45) is 0 Å². The van der Waals surface area contributed by atoms with E-state index in [1.165, 1.54) is 6.07 Å². The second kappa shape index (κ2) is 6.57. The Labute approximate surface area is 107 Å². The van der Waals surface area contributed by atoms with Gasteiger partial charge < -0.3 is 14.9 Å². The van der Waals surface area contributed by atoms with Crippen LogP contribution in [0.4, 0.5) is 4.79 Å². The number of hydrogen-bond donors (Lipinski definition) is 2. The van der Waals surface area contributed by atoms with Gasteiger partial charge in [0.2, 0.25) is 0 Å². The van der Waals surface area contributed by atoms with Gasteiger partial charge in [0, 0.05) is 0 Å². The SMILES string of the molecule is O=C(O)Oc1cccc(CCCCI)c1O. The summed E-state index contributed by atoms with van der Waals surface area (Å²) in [5, 5.41) is 18.2. The minimum Gasteiger partial charge on any atom is -0.504 e. The maximum atomic E-state index is 10.4. The molecule has 1 aromatic carbocycles. The second-order valence-electron chi connectivity index (χ2n) is 3.28. The van der Waals surface area contributed by atoms with Gasteiger partial charge in [0.25, 0.3) is 0 Å². The Morgan fingerprint density at radius 3 is 2.75 bits per heavy atom. The molecular formula is C11H13IO4. The molecule has 0 spiro atoms. The number of aryl methyl sites for hydroxylation is 1. The summed E-state index contributed by atoms with van der Waals surface area (Å²) in [5.41, 5.74) is 0.726. The third-order valence-electron chi connectivity index (χ3n) is 2.11. The molecule has 5 heteroatoms. The number of benzene rings is 1. The lowest BCUT2D eigenvalue weighted by atomic mass is 10.1. The van der Waals surface area contributed by atoms with Crippen LogP contribution in [0, 0.1) is 0 Å². The minimum absolute atomic E-state index is 0.000488. The summed E-state index contributed by atoms with van der Waals surface area (Å²) in [6.45, 7) is 0. The number of rotatable bonds is 5. The fraction of sp³-hybridized carbons (Fsp3) is 0.364. The van der Waals surface area contributed by atoms with Crippen molar-refractivity contribution in [2.75, 3.05) is 4.43 Å². The van der Waals surface area contributed by atoms with Crippen molar-refractivity contribution >= 4 is 28.7 Å². The Morgan fingerprint density at radius 1 is 1.38 bits per heavy atom. The number of halogens is 1. The quantitative estimate of drug-likeness (QED) is 0.285. The fourth-order valence-electron chi connectivity index (χ4n) is 1.36. The van der Waals surface area contributed by atoms with Gasteiger partial charge in [0.1, 0.15) is 0 Å². The van der Waals surface area contributed by atoms with Gasteiger partial charge in [0.05, 0.1) is 0 Å². The lowest BCUT2D eigenvalue weighted by Crippen LogP contribution is -2.03. The summed E-state index contributed by atoms with van der Waals surface area (Å²) < 4.78 is 5.53. The molecule has 0 saturated heterocycles. The lowest BCUT2D eigenvalue weighted by Gasteiger charge is -2.07. The Hall–Kier alpha value is -0.980. The van der Waals surface area contributed by atoms with Gasteiger partial charge in [-0.2, -0.15) is 0 Å². The van der Waals surface area contributed by atoms with E-state index < -0.39 is 6.16 Å². The molecule has 0 atom stereocenters. The summed E-state index contributed by atoms with van der Waals surface area (Å²) >= 11 is 2.30. The van der Waals surface area contributed by atoms with Gasteiger partial charge in [-0.25, -0.2) is 4.79 Å². The van der Waals surface area contributed by atoms with Crippen molar-refractivity contribution in [3.63, 3.8) is 0 Å². The third-order valence-corrected chi connectivity index (χ3v) is 2.87. The summed E-state index contributed by atoms with van der Waals surface area (Å²) in [6, 6.07) is 4.89. The molecule has 0 amide bonds. The van der Waals surface area contributed by atoms with E-state index in [1.54, 1.807) is 12.1 Å². The molecule has 1 aromatic rings. The number of carboxylic acid groups (broad SMARTS) is 1. The molecule has 0 heterocycles. The summed E-state index contributed by atoms with van der Waals surface area (Å²) in [5.74, 6) is -0.0715. The normalized spacial score (nSPS) is 10.1. The van der Waals surface area contributed by atoms with Crippen LogP contribution in [0.25, 0.3) is 0 Å². The number of hydrogen-bond acceptors (Lipinski definition) is 3. The Kier molecular flexibility index (Phi) is 5.37. The first kappa shape index (κ1) is 13.1. The molecule has 0 fully saturated rings. The van der Waals surface area contributed by atoms with E-state index in [0.29, 0.717) is 0 Å². The molecule has 0 bridgehead atoms. The molecule has 4 nitrogen and oxygen atoms in total. The van der Waals surface area contributed by atoms with Crippen molar-refractivity contribution in [3.8, 4) is 11.5 Å². The van der Waals surface area contributed by atoms with Gasteiger partial charge in [-0.3, -0.25) is 0 Å². The zero-order valence-corrected chi connectivity index (χ0v) is 10.8. The molecule has 0 aliphatic heterocycles. The minimum atomic E-state index is -1.42. The molecule has 0 aromatic heterocycles. The average molecular weight is 336 g/mol. The Morgan fingerprint density at radius 2 is 2.12 bits per heavy atom. The van der Waals surface area contributed by atoms with Gasteiger partial charge in [-0.1, -0.05) is 34.7 Å². The molecule has 16 heavy (non-hydrogen) atoms. The van der Waals surface area contributed by atoms with Crippen LogP contribution in [-0.4, -0.2) is 20.8 Å². The van der Waals surface area contributed by atoms with Gasteiger partial charge >= 0.3 is 6.16 Å². The van der Waals surface area contributed by atoms with Crippen molar-refractivity contribution in [3.05, 3.63) is 23.8 Å². The monoisotopic (exact) mass is 336 g/mol. The van der Waals surface area contributed by atoms with E-state index in [1.807, 2.05) is 0 Å². The van der Waals surface area contributed by atoms with Gasteiger partial charge in [-0.15, -0.1) is 0 Å². The van der Waals surface area contributed by atoms with E-state index in [2.05, 4.69) is 27.3 Å². The first-order chi connectivity index (χ1) is 7.65. The predicted molar refractivity (Wildman–Crippen MR) is 68.6 cm³/mol. The zero-order chi connectivity index (χ0) is 12.0. The Bertz CT molecular complexity index is 365. The fourth-order valence-corrected chi connectivity index (χ4v) is 1.90. The number of carbonyl (C=O) groups is 1. The van der Waals surface area contributed by atoms with Crippen LogP contribution in [0.3, 0.4) is 0 Å². The molecule has 0 saturated carbocycles. The molecule has 88 valence electrons. The van der Waals surface area contributed by atoms with E-state index in [4.69, 9.17) is 5.11 Å². The summed E-state index contributed by atoms with van der Waals surface area (Å²) in [6.07, 6.45) is 1.35. The van der Waals surface area contributed by atoms with Crippen LogP contribution < -0.4 is 4.74 Å². The van der Waals surface area contributed by atoms with Crippen LogP contribution in [0.15, 0.2) is 18.2 Å². The van der Waals surface area contributed by atoms with E-state index in [9.17, 15) is 9.90 Å². The molecular weight excluding hydrogens is 323 g/mol. The number of alkyl halides is 1. The van der Waals surface area contributed by atoms with Gasteiger partial charge in [0.15, 0.2) is 11.5 Å². The third kappa shape index (κ3) is 3.88. The molecule has 0 aliphatic rings. The molecule has 1 rings (SSSR count). The predicted octanol–water partition coefficient (Wildman–Crippen LogP) is 3.21. The molecule has 2 N–H and O–H groups in total. The summed E-state index contributed by atoms with van der Waals surface area (Å²) in [4.78, 5) is 10.4. The van der Waals surface area contributed by atoms with Gasteiger partial charge in [-0.05, 0) is 35.3 Å². The Balaban J connectivity index is 2.74. The van der Waals surface area contributed by atoms with Crippen molar-refractivity contribution in [1.29, 1.82) is 0 Å².